The SMILES string of the molecule is CC(=O)NC1CCN(Cc2cc(Cl)c(OC(C)C)c(Cl)c2)C1. The summed E-state index contributed by atoms with van der Waals surface area (Å²) in [6.45, 7) is 7.98. The molecule has 0 aromatic heterocycles. The third kappa shape index (κ3) is 4.77. The predicted molar refractivity (Wildman–Crippen MR) is 89.7 cm³/mol. The zero-order chi connectivity index (χ0) is 16.3. The molecule has 0 aliphatic carbocycles. The van der Waals surface area contributed by atoms with E-state index in [-0.39, 0.29) is 18.1 Å². The van der Waals surface area contributed by atoms with Gasteiger partial charge in [-0.1, -0.05) is 23.2 Å². The summed E-state index contributed by atoms with van der Waals surface area (Å²) < 4.78 is 5.64. The summed E-state index contributed by atoms with van der Waals surface area (Å²) in [6, 6.07) is 4.03. The van der Waals surface area contributed by atoms with E-state index < -0.39 is 0 Å². The van der Waals surface area contributed by atoms with Gasteiger partial charge in [0, 0.05) is 32.6 Å². The standard InChI is InChI=1S/C16H22Cl2N2O2/c1-10(2)22-16-14(17)6-12(7-15(16)18)8-20-5-4-13(9-20)19-11(3)21/h6-7,10,13H,4-5,8-9H2,1-3H3,(H,19,21). The Labute approximate surface area is 141 Å². The number of likely N-dealkylation sites (tertiary alicyclic amines) is 1. The second-order valence-corrected chi connectivity index (χ2v) is 6.79. The second kappa shape index (κ2) is 7.53. The summed E-state index contributed by atoms with van der Waals surface area (Å²) >= 11 is 12.6. The Morgan fingerprint density at radius 2 is 2.05 bits per heavy atom. The average Bonchev–Trinajstić information content (AvgIpc) is 2.80. The topological polar surface area (TPSA) is 41.6 Å². The molecule has 1 aromatic rings. The minimum Gasteiger partial charge on any atom is -0.488 e. The van der Waals surface area contributed by atoms with Crippen LogP contribution in [0.5, 0.6) is 5.75 Å². The fourth-order valence-corrected chi connectivity index (χ4v) is 3.31. The molecule has 1 fully saturated rings. The average molecular weight is 345 g/mol. The van der Waals surface area contributed by atoms with Gasteiger partial charge in [-0.15, -0.1) is 0 Å². The summed E-state index contributed by atoms with van der Waals surface area (Å²) in [5.74, 6) is 0.563. The van der Waals surface area contributed by atoms with Gasteiger partial charge in [-0.25, -0.2) is 0 Å². The second-order valence-electron chi connectivity index (χ2n) is 5.98. The molecule has 1 aromatic carbocycles. The van der Waals surface area contributed by atoms with Gasteiger partial charge in [0.1, 0.15) is 0 Å². The van der Waals surface area contributed by atoms with Crippen LogP contribution in [0.3, 0.4) is 0 Å². The van der Waals surface area contributed by atoms with Crippen molar-refractivity contribution in [3.63, 3.8) is 0 Å². The smallest absolute Gasteiger partial charge is 0.217 e. The van der Waals surface area contributed by atoms with Crippen molar-refractivity contribution < 1.29 is 9.53 Å². The number of nitrogens with zero attached hydrogens (tertiary/aromatic N) is 1. The fraction of sp³-hybridized carbons (Fsp3) is 0.562. The van der Waals surface area contributed by atoms with Crippen LogP contribution in [0, 0.1) is 0 Å². The highest BCUT2D eigenvalue weighted by Crippen LogP contribution is 2.35. The van der Waals surface area contributed by atoms with Gasteiger partial charge < -0.3 is 10.1 Å². The number of halogens is 2. The lowest BCUT2D eigenvalue weighted by atomic mass is 10.2. The summed E-state index contributed by atoms with van der Waals surface area (Å²) in [7, 11) is 0. The van der Waals surface area contributed by atoms with Crippen molar-refractivity contribution in [2.75, 3.05) is 13.1 Å². The lowest BCUT2D eigenvalue weighted by Crippen LogP contribution is -2.35. The zero-order valence-corrected chi connectivity index (χ0v) is 14.7. The van der Waals surface area contributed by atoms with Gasteiger partial charge in [0.25, 0.3) is 0 Å². The minimum absolute atomic E-state index is 0.0214. The Balaban J connectivity index is 2.01. The van der Waals surface area contributed by atoms with Crippen LogP contribution < -0.4 is 10.1 Å². The van der Waals surface area contributed by atoms with E-state index in [9.17, 15) is 4.79 Å². The van der Waals surface area contributed by atoms with Crippen molar-refractivity contribution >= 4 is 29.1 Å². The van der Waals surface area contributed by atoms with Crippen molar-refractivity contribution in [2.45, 2.75) is 45.9 Å². The van der Waals surface area contributed by atoms with Gasteiger partial charge in [0.15, 0.2) is 5.75 Å². The molecule has 1 heterocycles. The number of nitrogens with one attached hydrogen (secondary N) is 1. The summed E-state index contributed by atoms with van der Waals surface area (Å²) in [5, 5.41) is 4.03. The molecule has 1 N–H and O–H groups in total. The van der Waals surface area contributed by atoms with E-state index in [0.29, 0.717) is 15.8 Å². The number of amides is 1. The van der Waals surface area contributed by atoms with Crippen molar-refractivity contribution in [1.82, 2.24) is 10.2 Å². The molecule has 0 bridgehead atoms. The maximum Gasteiger partial charge on any atom is 0.217 e. The first kappa shape index (κ1) is 17.4. The molecular formula is C16H22Cl2N2O2. The van der Waals surface area contributed by atoms with Crippen molar-refractivity contribution in [1.29, 1.82) is 0 Å². The number of hydrogen-bond donors (Lipinski definition) is 1. The molecule has 122 valence electrons. The van der Waals surface area contributed by atoms with E-state index in [4.69, 9.17) is 27.9 Å². The Kier molecular flexibility index (Phi) is 5.95. The molecule has 1 saturated heterocycles. The molecule has 0 saturated carbocycles. The largest absolute Gasteiger partial charge is 0.488 e. The van der Waals surface area contributed by atoms with Gasteiger partial charge in [0.2, 0.25) is 5.91 Å². The molecule has 2 rings (SSSR count). The minimum atomic E-state index is 0.0214. The van der Waals surface area contributed by atoms with Crippen LogP contribution in [0.25, 0.3) is 0 Å². The van der Waals surface area contributed by atoms with E-state index in [0.717, 1.165) is 31.6 Å². The van der Waals surface area contributed by atoms with Gasteiger partial charge in [-0.3, -0.25) is 9.69 Å². The van der Waals surface area contributed by atoms with E-state index in [1.807, 2.05) is 26.0 Å². The van der Waals surface area contributed by atoms with Gasteiger partial charge in [-0.05, 0) is 38.0 Å². The van der Waals surface area contributed by atoms with E-state index in [1.165, 1.54) is 0 Å². The van der Waals surface area contributed by atoms with Crippen LogP contribution in [-0.4, -0.2) is 36.0 Å². The van der Waals surface area contributed by atoms with Crippen LogP contribution in [0.2, 0.25) is 10.0 Å². The highest BCUT2D eigenvalue weighted by atomic mass is 35.5. The highest BCUT2D eigenvalue weighted by molar-refractivity contribution is 6.37. The molecule has 0 radical (unpaired) electrons. The summed E-state index contributed by atoms with van der Waals surface area (Å²) in [4.78, 5) is 13.4. The number of carbonyl (C=O) groups excluding carboxylic acids is 1. The van der Waals surface area contributed by atoms with E-state index >= 15 is 0 Å². The van der Waals surface area contributed by atoms with Crippen LogP contribution in [0.15, 0.2) is 12.1 Å². The molecular weight excluding hydrogens is 323 g/mol. The number of hydrogen-bond acceptors (Lipinski definition) is 3. The molecule has 1 aliphatic heterocycles. The predicted octanol–water partition coefficient (Wildman–Crippen LogP) is 3.49. The normalized spacial score (nSPS) is 18.7. The maximum atomic E-state index is 11.1. The van der Waals surface area contributed by atoms with Gasteiger partial charge in [-0.2, -0.15) is 0 Å². The number of rotatable bonds is 5. The van der Waals surface area contributed by atoms with Crippen molar-refractivity contribution in [3.8, 4) is 5.75 Å². The molecule has 0 spiro atoms. The molecule has 1 amide bonds. The lowest BCUT2D eigenvalue weighted by Gasteiger charge is -2.18. The lowest BCUT2D eigenvalue weighted by molar-refractivity contribution is -0.119. The summed E-state index contributed by atoms with van der Waals surface area (Å²) in [6.07, 6.45) is 0.994. The number of benzene rings is 1. The van der Waals surface area contributed by atoms with Gasteiger partial charge >= 0.3 is 0 Å². The molecule has 1 aliphatic rings. The van der Waals surface area contributed by atoms with Crippen molar-refractivity contribution in [2.24, 2.45) is 0 Å². The van der Waals surface area contributed by atoms with E-state index in [1.54, 1.807) is 6.92 Å². The van der Waals surface area contributed by atoms with Gasteiger partial charge in [0.05, 0.1) is 16.1 Å². The molecule has 1 atom stereocenters. The van der Waals surface area contributed by atoms with Crippen LogP contribution in [0.1, 0.15) is 32.8 Å². The quantitative estimate of drug-likeness (QED) is 0.888. The van der Waals surface area contributed by atoms with Crippen LogP contribution in [-0.2, 0) is 11.3 Å². The van der Waals surface area contributed by atoms with Crippen LogP contribution >= 0.6 is 23.2 Å². The number of carbonyl (C=O) groups is 1. The Hall–Kier alpha value is -0.970. The fourth-order valence-electron chi connectivity index (χ4n) is 2.69. The Morgan fingerprint density at radius 3 is 2.59 bits per heavy atom. The van der Waals surface area contributed by atoms with E-state index in [2.05, 4.69) is 10.2 Å². The summed E-state index contributed by atoms with van der Waals surface area (Å²) in [5.41, 5.74) is 1.05. The number of ether oxygens (including phenoxy) is 1. The third-order valence-corrected chi connectivity index (χ3v) is 4.06. The maximum absolute atomic E-state index is 11.1. The van der Waals surface area contributed by atoms with Crippen molar-refractivity contribution in [3.05, 3.63) is 27.7 Å². The molecule has 6 heteroatoms. The first-order chi connectivity index (χ1) is 10.3. The highest BCUT2D eigenvalue weighted by Gasteiger charge is 2.23. The first-order valence-corrected chi connectivity index (χ1v) is 8.24. The zero-order valence-electron chi connectivity index (χ0n) is 13.2. The molecule has 22 heavy (non-hydrogen) atoms. The monoisotopic (exact) mass is 344 g/mol. The van der Waals surface area contributed by atoms with Crippen LogP contribution in [0.4, 0.5) is 0 Å². The molecule has 1 unspecified atom stereocenters. The third-order valence-electron chi connectivity index (χ3n) is 3.50. The Bertz CT molecular complexity index is 526. The molecule has 4 nitrogen and oxygen atoms in total. The first-order valence-electron chi connectivity index (χ1n) is 7.49. The Morgan fingerprint density at radius 1 is 1.41 bits per heavy atom.